The van der Waals surface area contributed by atoms with Gasteiger partial charge in [-0.2, -0.15) is 0 Å². The molecule has 0 saturated carbocycles. The van der Waals surface area contributed by atoms with E-state index in [1.165, 1.54) is 0 Å². The van der Waals surface area contributed by atoms with Gasteiger partial charge in [-0.1, -0.05) is 18.2 Å². The van der Waals surface area contributed by atoms with Gasteiger partial charge in [0.15, 0.2) is 0 Å². The average Bonchev–Trinajstić information content (AvgIpc) is 2.67. The van der Waals surface area contributed by atoms with Gasteiger partial charge in [-0.25, -0.2) is 0 Å². The Hall–Kier alpha value is -2.93. The van der Waals surface area contributed by atoms with Crippen molar-refractivity contribution in [3.63, 3.8) is 0 Å². The fourth-order valence-corrected chi connectivity index (χ4v) is 2.63. The highest BCUT2D eigenvalue weighted by Gasteiger charge is 2.18. The molecule has 7 nitrogen and oxygen atoms in total. The van der Waals surface area contributed by atoms with Gasteiger partial charge in [-0.3, -0.25) is 14.6 Å². The van der Waals surface area contributed by atoms with Crippen molar-refractivity contribution in [1.82, 2.24) is 20.5 Å². The van der Waals surface area contributed by atoms with Gasteiger partial charge in [0.25, 0.3) is 0 Å². The van der Waals surface area contributed by atoms with E-state index < -0.39 is 11.8 Å². The molecular formula is C20H27N5O2. The summed E-state index contributed by atoms with van der Waals surface area (Å²) in [7, 11) is 7.86. The number of hydrogen-bond acceptors (Lipinski definition) is 5. The number of nitrogens with zero attached hydrogens (tertiary/aromatic N) is 3. The Bertz CT molecular complexity index is 745. The van der Waals surface area contributed by atoms with Gasteiger partial charge >= 0.3 is 11.8 Å². The topological polar surface area (TPSA) is 77.6 Å². The molecule has 1 aromatic heterocycles. The highest BCUT2D eigenvalue weighted by molar-refractivity contribution is 6.35. The smallest absolute Gasteiger partial charge is 0.309 e. The third-order valence-corrected chi connectivity index (χ3v) is 4.26. The Morgan fingerprint density at radius 1 is 1.00 bits per heavy atom. The minimum Gasteiger partial charge on any atom is -0.378 e. The third kappa shape index (κ3) is 6.07. The van der Waals surface area contributed by atoms with E-state index in [2.05, 4.69) is 15.6 Å². The summed E-state index contributed by atoms with van der Waals surface area (Å²) in [5.74, 6) is -1.30. The maximum atomic E-state index is 12.1. The molecule has 0 aliphatic carbocycles. The highest BCUT2D eigenvalue weighted by atomic mass is 16.2. The molecule has 1 heterocycles. The molecule has 27 heavy (non-hydrogen) atoms. The van der Waals surface area contributed by atoms with Gasteiger partial charge in [-0.15, -0.1) is 0 Å². The first-order valence-electron chi connectivity index (χ1n) is 8.77. The molecule has 2 rings (SSSR count). The van der Waals surface area contributed by atoms with Crippen LogP contribution in [0.1, 0.15) is 17.2 Å². The molecule has 0 spiro atoms. The van der Waals surface area contributed by atoms with E-state index in [9.17, 15) is 9.59 Å². The molecule has 0 aliphatic heterocycles. The Balaban J connectivity index is 1.90. The zero-order valence-electron chi connectivity index (χ0n) is 16.3. The second-order valence-corrected chi connectivity index (χ2v) is 6.72. The number of carbonyl (C=O) groups excluding carboxylic acids is 2. The van der Waals surface area contributed by atoms with Crippen LogP contribution >= 0.6 is 0 Å². The summed E-state index contributed by atoms with van der Waals surface area (Å²) >= 11 is 0. The number of likely N-dealkylation sites (N-methyl/N-ethyl adjacent to an activating group) is 1. The number of aromatic nitrogens is 1. The molecule has 0 radical (unpaired) electrons. The van der Waals surface area contributed by atoms with Gasteiger partial charge in [-0.05, 0) is 43.4 Å². The highest BCUT2D eigenvalue weighted by Crippen LogP contribution is 2.20. The molecule has 1 aromatic carbocycles. The zero-order chi connectivity index (χ0) is 19.8. The van der Waals surface area contributed by atoms with E-state index in [4.69, 9.17) is 0 Å². The maximum Gasteiger partial charge on any atom is 0.309 e. The molecule has 0 saturated heterocycles. The predicted octanol–water partition coefficient (Wildman–Crippen LogP) is 1.18. The van der Waals surface area contributed by atoms with Crippen LogP contribution in [0, 0.1) is 0 Å². The second-order valence-electron chi connectivity index (χ2n) is 6.72. The van der Waals surface area contributed by atoms with E-state index in [1.807, 2.05) is 68.3 Å². The average molecular weight is 369 g/mol. The lowest BCUT2D eigenvalue weighted by atomic mass is 10.1. The van der Waals surface area contributed by atoms with Gasteiger partial charge in [0, 0.05) is 45.3 Å². The van der Waals surface area contributed by atoms with Crippen LogP contribution in [0.15, 0.2) is 48.8 Å². The van der Waals surface area contributed by atoms with Crippen LogP contribution in [-0.4, -0.2) is 56.4 Å². The predicted molar refractivity (Wildman–Crippen MR) is 106 cm³/mol. The van der Waals surface area contributed by atoms with Crippen molar-refractivity contribution >= 4 is 17.5 Å². The van der Waals surface area contributed by atoms with E-state index in [0.717, 1.165) is 16.8 Å². The zero-order valence-corrected chi connectivity index (χ0v) is 16.3. The van der Waals surface area contributed by atoms with Crippen LogP contribution in [0.4, 0.5) is 5.69 Å². The molecule has 1 atom stereocenters. The van der Waals surface area contributed by atoms with Crippen molar-refractivity contribution in [1.29, 1.82) is 0 Å². The number of carbonyl (C=O) groups is 2. The minimum absolute atomic E-state index is 0.0312. The molecule has 0 bridgehead atoms. The minimum atomic E-state index is -0.653. The number of nitrogens with one attached hydrogen (secondary N) is 2. The van der Waals surface area contributed by atoms with E-state index in [-0.39, 0.29) is 12.6 Å². The third-order valence-electron chi connectivity index (χ3n) is 4.26. The lowest BCUT2D eigenvalue weighted by molar-refractivity contribution is -0.139. The summed E-state index contributed by atoms with van der Waals surface area (Å²) in [6, 6.07) is 11.7. The van der Waals surface area contributed by atoms with Gasteiger partial charge in [0.1, 0.15) is 0 Å². The lowest BCUT2D eigenvalue weighted by Crippen LogP contribution is -2.42. The second kappa shape index (κ2) is 9.68. The van der Waals surface area contributed by atoms with Crippen LogP contribution in [-0.2, 0) is 16.1 Å². The SMILES string of the molecule is CN(C)c1ccc([C@H](CNC(=O)C(=O)NCc2cccnc2)N(C)C)cc1. The summed E-state index contributed by atoms with van der Waals surface area (Å²) in [4.78, 5) is 32.1. The number of pyridine rings is 1. The van der Waals surface area contributed by atoms with Crippen LogP contribution in [0.5, 0.6) is 0 Å². The molecule has 0 fully saturated rings. The number of rotatable bonds is 7. The first-order valence-corrected chi connectivity index (χ1v) is 8.77. The van der Waals surface area contributed by atoms with Gasteiger partial charge in [0.2, 0.25) is 0 Å². The molecule has 2 amide bonds. The van der Waals surface area contributed by atoms with Crippen molar-refractivity contribution in [3.05, 3.63) is 59.9 Å². The lowest BCUT2D eigenvalue weighted by Gasteiger charge is -2.25. The van der Waals surface area contributed by atoms with Crippen molar-refractivity contribution in [2.45, 2.75) is 12.6 Å². The van der Waals surface area contributed by atoms with E-state index in [1.54, 1.807) is 18.5 Å². The normalized spacial score (nSPS) is 11.7. The fraction of sp³-hybridized carbons (Fsp3) is 0.350. The maximum absolute atomic E-state index is 12.1. The summed E-state index contributed by atoms with van der Waals surface area (Å²) < 4.78 is 0. The quantitative estimate of drug-likeness (QED) is 0.717. The van der Waals surface area contributed by atoms with Crippen molar-refractivity contribution < 1.29 is 9.59 Å². The first kappa shape index (κ1) is 20.4. The molecule has 0 unspecified atom stereocenters. The molecule has 144 valence electrons. The van der Waals surface area contributed by atoms with E-state index >= 15 is 0 Å². The van der Waals surface area contributed by atoms with Crippen molar-refractivity contribution in [2.75, 3.05) is 39.6 Å². The Morgan fingerprint density at radius 3 is 2.22 bits per heavy atom. The van der Waals surface area contributed by atoms with Crippen molar-refractivity contribution in [3.8, 4) is 0 Å². The van der Waals surface area contributed by atoms with Crippen LogP contribution < -0.4 is 15.5 Å². The number of anilines is 1. The van der Waals surface area contributed by atoms with Gasteiger partial charge in [0.05, 0.1) is 6.04 Å². The summed E-state index contributed by atoms with van der Waals surface area (Å²) in [6.07, 6.45) is 3.31. The largest absolute Gasteiger partial charge is 0.378 e. The van der Waals surface area contributed by atoms with Crippen molar-refractivity contribution in [2.24, 2.45) is 0 Å². The summed E-state index contributed by atoms with van der Waals surface area (Å²) in [5, 5.41) is 5.32. The molecular weight excluding hydrogens is 342 g/mol. The molecule has 0 aliphatic rings. The standard InChI is InChI=1S/C20H27N5O2/c1-24(2)17-9-7-16(8-10-17)18(25(3)4)14-23-20(27)19(26)22-13-15-6-5-11-21-12-15/h5-12,18H,13-14H2,1-4H3,(H,22,26)(H,23,27)/t18-/m0/s1. The monoisotopic (exact) mass is 369 g/mol. The fourth-order valence-electron chi connectivity index (χ4n) is 2.63. The van der Waals surface area contributed by atoms with Gasteiger partial charge < -0.3 is 20.4 Å². The Kier molecular flexibility index (Phi) is 7.31. The summed E-state index contributed by atoms with van der Waals surface area (Å²) in [5.41, 5.74) is 3.02. The van der Waals surface area contributed by atoms with Crippen LogP contribution in [0.25, 0.3) is 0 Å². The summed E-state index contributed by atoms with van der Waals surface area (Å²) in [6.45, 7) is 0.608. The van der Waals surface area contributed by atoms with Crippen LogP contribution in [0.3, 0.4) is 0 Å². The van der Waals surface area contributed by atoms with Crippen LogP contribution in [0.2, 0.25) is 0 Å². The number of hydrogen-bond donors (Lipinski definition) is 2. The van der Waals surface area contributed by atoms with E-state index in [0.29, 0.717) is 6.54 Å². The number of amides is 2. The molecule has 2 N–H and O–H groups in total. The molecule has 2 aromatic rings. The number of benzene rings is 1. The Morgan fingerprint density at radius 2 is 1.67 bits per heavy atom. The first-order chi connectivity index (χ1) is 12.9. The Labute approximate surface area is 160 Å². The molecule has 7 heteroatoms.